The summed E-state index contributed by atoms with van der Waals surface area (Å²) in [5.74, 6) is 2.36. The molecule has 0 aliphatic carbocycles. The first-order valence-electron chi connectivity index (χ1n) is 4.83. The summed E-state index contributed by atoms with van der Waals surface area (Å²) in [5, 5.41) is 12.4. The largest absolute Gasteiger partial charge is 0.380 e. The molecular formula is C11H11BrN2S. The third-order valence-corrected chi connectivity index (χ3v) is 4.05. The summed E-state index contributed by atoms with van der Waals surface area (Å²) in [6.45, 7) is 0. The quantitative estimate of drug-likeness (QED) is 0.905. The highest BCUT2D eigenvalue weighted by atomic mass is 79.9. The van der Waals surface area contributed by atoms with Crippen molar-refractivity contribution in [3.8, 4) is 6.07 Å². The topological polar surface area (TPSA) is 35.8 Å². The lowest BCUT2D eigenvalue weighted by Crippen LogP contribution is -2.18. The van der Waals surface area contributed by atoms with Crippen LogP contribution in [0.4, 0.5) is 5.69 Å². The standard InChI is InChI=1S/C11H11BrN2S/c12-9-1-2-11(8(5-9)6-13)14-10-3-4-15-7-10/h1-2,5,10,14H,3-4,7H2. The van der Waals surface area contributed by atoms with Crippen LogP contribution in [0, 0.1) is 11.3 Å². The molecule has 2 rings (SSSR count). The van der Waals surface area contributed by atoms with Gasteiger partial charge in [0.25, 0.3) is 0 Å². The molecule has 4 heteroatoms. The molecule has 1 fully saturated rings. The molecule has 1 heterocycles. The molecule has 1 aromatic carbocycles. The van der Waals surface area contributed by atoms with E-state index in [0.717, 1.165) is 15.9 Å². The number of rotatable bonds is 2. The predicted octanol–water partition coefficient (Wildman–Crippen LogP) is 3.24. The lowest BCUT2D eigenvalue weighted by atomic mass is 10.1. The highest BCUT2D eigenvalue weighted by Crippen LogP contribution is 2.25. The number of nitrogens with one attached hydrogen (secondary N) is 1. The number of nitriles is 1. The molecule has 0 radical (unpaired) electrons. The van der Waals surface area contributed by atoms with Gasteiger partial charge in [-0.15, -0.1) is 0 Å². The smallest absolute Gasteiger partial charge is 0.101 e. The zero-order chi connectivity index (χ0) is 10.7. The van der Waals surface area contributed by atoms with E-state index in [-0.39, 0.29) is 0 Å². The number of benzene rings is 1. The maximum Gasteiger partial charge on any atom is 0.101 e. The first kappa shape index (κ1) is 10.8. The van der Waals surface area contributed by atoms with E-state index in [2.05, 4.69) is 27.3 Å². The second kappa shape index (κ2) is 4.91. The van der Waals surface area contributed by atoms with Gasteiger partial charge in [-0.2, -0.15) is 17.0 Å². The molecule has 0 saturated carbocycles. The van der Waals surface area contributed by atoms with Crippen molar-refractivity contribution in [2.45, 2.75) is 12.5 Å². The monoisotopic (exact) mass is 282 g/mol. The molecule has 78 valence electrons. The highest BCUT2D eigenvalue weighted by Gasteiger charge is 2.16. The molecule has 1 atom stereocenters. The van der Waals surface area contributed by atoms with Crippen LogP contribution in [0.1, 0.15) is 12.0 Å². The molecule has 1 unspecified atom stereocenters. The van der Waals surface area contributed by atoms with Gasteiger partial charge in [0.2, 0.25) is 0 Å². The molecule has 0 amide bonds. The van der Waals surface area contributed by atoms with E-state index in [1.165, 1.54) is 12.2 Å². The van der Waals surface area contributed by atoms with Crippen molar-refractivity contribution in [2.24, 2.45) is 0 Å². The fourth-order valence-corrected chi connectivity index (χ4v) is 3.12. The van der Waals surface area contributed by atoms with E-state index < -0.39 is 0 Å². The number of halogens is 1. The van der Waals surface area contributed by atoms with Crippen molar-refractivity contribution < 1.29 is 0 Å². The molecule has 1 aliphatic heterocycles. The van der Waals surface area contributed by atoms with Gasteiger partial charge < -0.3 is 5.32 Å². The Morgan fingerprint density at radius 2 is 2.40 bits per heavy atom. The van der Waals surface area contributed by atoms with E-state index >= 15 is 0 Å². The fourth-order valence-electron chi connectivity index (χ4n) is 1.60. The Morgan fingerprint density at radius 3 is 3.07 bits per heavy atom. The van der Waals surface area contributed by atoms with E-state index in [4.69, 9.17) is 5.26 Å². The van der Waals surface area contributed by atoms with Gasteiger partial charge >= 0.3 is 0 Å². The zero-order valence-corrected chi connectivity index (χ0v) is 10.6. The maximum absolute atomic E-state index is 9.00. The Bertz CT molecular complexity index is 394. The Hall–Kier alpha value is -0.660. The van der Waals surface area contributed by atoms with Gasteiger partial charge in [-0.05, 0) is 30.4 Å². The third kappa shape index (κ3) is 2.67. The van der Waals surface area contributed by atoms with Crippen molar-refractivity contribution in [1.82, 2.24) is 0 Å². The summed E-state index contributed by atoms with van der Waals surface area (Å²) in [4.78, 5) is 0. The first-order valence-corrected chi connectivity index (χ1v) is 6.78. The summed E-state index contributed by atoms with van der Waals surface area (Å²) >= 11 is 5.33. The van der Waals surface area contributed by atoms with Crippen molar-refractivity contribution in [3.05, 3.63) is 28.2 Å². The Balaban J connectivity index is 2.16. The van der Waals surface area contributed by atoms with Crippen molar-refractivity contribution >= 4 is 33.4 Å². The summed E-state index contributed by atoms with van der Waals surface area (Å²) < 4.78 is 0.949. The Kier molecular flexibility index (Phi) is 3.55. The highest BCUT2D eigenvalue weighted by molar-refractivity contribution is 9.10. The molecule has 0 aromatic heterocycles. The van der Waals surface area contributed by atoms with Crippen LogP contribution < -0.4 is 5.32 Å². The fraction of sp³-hybridized carbons (Fsp3) is 0.364. The molecule has 1 aliphatic rings. The lowest BCUT2D eigenvalue weighted by molar-refractivity contribution is 0.812. The predicted molar refractivity (Wildman–Crippen MR) is 68.2 cm³/mol. The molecule has 15 heavy (non-hydrogen) atoms. The van der Waals surface area contributed by atoms with Gasteiger partial charge in [0.1, 0.15) is 6.07 Å². The van der Waals surface area contributed by atoms with Gasteiger partial charge in [-0.1, -0.05) is 15.9 Å². The zero-order valence-electron chi connectivity index (χ0n) is 8.16. The van der Waals surface area contributed by atoms with Crippen molar-refractivity contribution in [1.29, 1.82) is 5.26 Å². The number of thioether (sulfide) groups is 1. The number of anilines is 1. The summed E-state index contributed by atoms with van der Waals surface area (Å²) in [6, 6.07) is 8.51. The lowest BCUT2D eigenvalue weighted by Gasteiger charge is -2.14. The van der Waals surface area contributed by atoms with Crippen LogP contribution >= 0.6 is 27.7 Å². The molecule has 1 saturated heterocycles. The normalized spacial score (nSPS) is 19.9. The SMILES string of the molecule is N#Cc1cc(Br)ccc1NC1CCSC1. The molecule has 2 nitrogen and oxygen atoms in total. The molecular weight excluding hydrogens is 272 g/mol. The van der Waals surface area contributed by atoms with Crippen LogP contribution in [-0.4, -0.2) is 17.5 Å². The maximum atomic E-state index is 9.00. The van der Waals surface area contributed by atoms with E-state index in [9.17, 15) is 0 Å². The van der Waals surface area contributed by atoms with E-state index in [0.29, 0.717) is 11.6 Å². The average molecular weight is 283 g/mol. The van der Waals surface area contributed by atoms with Crippen LogP contribution in [0.25, 0.3) is 0 Å². The number of nitrogens with zero attached hydrogens (tertiary/aromatic N) is 1. The third-order valence-electron chi connectivity index (χ3n) is 2.39. The minimum atomic E-state index is 0.517. The molecule has 0 bridgehead atoms. The number of hydrogen-bond donors (Lipinski definition) is 1. The van der Waals surface area contributed by atoms with Crippen molar-refractivity contribution in [2.75, 3.05) is 16.8 Å². The van der Waals surface area contributed by atoms with Crippen LogP contribution in [-0.2, 0) is 0 Å². The van der Waals surface area contributed by atoms with E-state index in [1.807, 2.05) is 30.0 Å². The summed E-state index contributed by atoms with van der Waals surface area (Å²) in [5.41, 5.74) is 1.66. The number of hydrogen-bond acceptors (Lipinski definition) is 3. The van der Waals surface area contributed by atoms with Gasteiger partial charge in [0.15, 0.2) is 0 Å². The van der Waals surface area contributed by atoms with Crippen LogP contribution in [0.2, 0.25) is 0 Å². The van der Waals surface area contributed by atoms with E-state index in [1.54, 1.807) is 0 Å². The minimum Gasteiger partial charge on any atom is -0.380 e. The van der Waals surface area contributed by atoms with Crippen molar-refractivity contribution in [3.63, 3.8) is 0 Å². The van der Waals surface area contributed by atoms with Crippen LogP contribution in [0.3, 0.4) is 0 Å². The molecule has 1 aromatic rings. The van der Waals surface area contributed by atoms with Gasteiger partial charge in [0, 0.05) is 16.3 Å². The Morgan fingerprint density at radius 1 is 1.53 bits per heavy atom. The summed E-state index contributed by atoms with van der Waals surface area (Å²) in [7, 11) is 0. The molecule has 1 N–H and O–H groups in total. The molecule has 0 spiro atoms. The second-order valence-corrected chi connectivity index (χ2v) is 5.57. The average Bonchev–Trinajstić information content (AvgIpc) is 2.73. The Labute approximate surface area is 102 Å². The van der Waals surface area contributed by atoms with Gasteiger partial charge in [-0.3, -0.25) is 0 Å². The first-order chi connectivity index (χ1) is 7.29. The summed E-state index contributed by atoms with van der Waals surface area (Å²) in [6.07, 6.45) is 1.19. The second-order valence-electron chi connectivity index (χ2n) is 3.51. The minimum absolute atomic E-state index is 0.517. The van der Waals surface area contributed by atoms with Crippen LogP contribution in [0.15, 0.2) is 22.7 Å². The van der Waals surface area contributed by atoms with Gasteiger partial charge in [0.05, 0.1) is 11.3 Å². The van der Waals surface area contributed by atoms with Gasteiger partial charge in [-0.25, -0.2) is 0 Å². The van der Waals surface area contributed by atoms with Crippen LogP contribution in [0.5, 0.6) is 0 Å².